The van der Waals surface area contributed by atoms with Gasteiger partial charge in [-0.2, -0.15) is 5.26 Å². The fraction of sp³-hybridized carbons (Fsp3) is 0.500. The molecule has 0 aromatic rings. The molecule has 0 bridgehead atoms. The second-order valence-corrected chi connectivity index (χ2v) is 5.37. The molecule has 1 aliphatic carbocycles. The van der Waals surface area contributed by atoms with E-state index < -0.39 is 12.0 Å². The Bertz CT molecular complexity index is 602. The first-order chi connectivity index (χ1) is 11.0. The monoisotopic (exact) mass is 314 g/mol. The van der Waals surface area contributed by atoms with E-state index in [4.69, 9.17) is 5.26 Å². The third-order valence-electron chi connectivity index (χ3n) is 3.65. The summed E-state index contributed by atoms with van der Waals surface area (Å²) in [5.41, 5.74) is 0.597. The summed E-state index contributed by atoms with van der Waals surface area (Å²) in [7, 11) is 1.29. The van der Waals surface area contributed by atoms with Gasteiger partial charge in [-0.05, 0) is 13.3 Å². The Hall–Kier alpha value is -2.53. The molecular weight excluding hydrogens is 292 g/mol. The summed E-state index contributed by atoms with van der Waals surface area (Å²) in [5, 5.41) is 11.1. The Morgan fingerprint density at radius 2 is 2.17 bits per heavy atom. The zero-order chi connectivity index (χ0) is 17.2. The summed E-state index contributed by atoms with van der Waals surface area (Å²) in [4.78, 5) is 23.7. The predicted molar refractivity (Wildman–Crippen MR) is 86.7 cm³/mol. The van der Waals surface area contributed by atoms with Gasteiger partial charge in [-0.3, -0.25) is 4.79 Å². The highest BCUT2D eigenvalue weighted by Gasteiger charge is 2.26. The van der Waals surface area contributed by atoms with Gasteiger partial charge in [0.25, 0.3) is 0 Å². The van der Waals surface area contributed by atoms with Crippen LogP contribution in [0, 0.1) is 35.0 Å². The average Bonchev–Trinajstić information content (AvgIpc) is 2.55. The van der Waals surface area contributed by atoms with E-state index in [1.807, 2.05) is 19.1 Å². The van der Waals surface area contributed by atoms with Crippen LogP contribution in [-0.2, 0) is 14.3 Å². The number of unbranched alkanes of at least 4 members (excludes halogenated alkanes) is 2. The van der Waals surface area contributed by atoms with Crippen molar-refractivity contribution < 1.29 is 14.3 Å². The molecule has 0 saturated carbocycles. The van der Waals surface area contributed by atoms with E-state index >= 15 is 0 Å². The van der Waals surface area contributed by atoms with Crippen molar-refractivity contribution in [1.29, 1.82) is 5.26 Å². The van der Waals surface area contributed by atoms with E-state index in [1.165, 1.54) is 7.11 Å². The summed E-state index contributed by atoms with van der Waals surface area (Å²) in [6.45, 7) is 3.52. The molecule has 0 saturated heterocycles. The van der Waals surface area contributed by atoms with Gasteiger partial charge in [0.2, 0.25) is 5.91 Å². The van der Waals surface area contributed by atoms with Crippen molar-refractivity contribution >= 4 is 11.9 Å². The lowest BCUT2D eigenvalue weighted by molar-refractivity contribution is -0.144. The maximum atomic E-state index is 12.3. The van der Waals surface area contributed by atoms with Gasteiger partial charge < -0.3 is 10.1 Å². The summed E-state index contributed by atoms with van der Waals surface area (Å²) in [6, 6.07) is 1.39. The number of rotatable bonds is 5. The molecule has 1 N–H and O–H groups in total. The molecule has 1 aliphatic rings. The standard InChI is InChI=1S/C18H22N2O3/c1-13-15(9-6-4-5-7-12-19)10-8-11-16(13)17(21)20-14(2)18(22)23-3/h8,10-11,13-15H,4-5,7H2,1-3H3,(H,20,21)/t13?,14-,15?/m1/s1. The number of nitriles is 1. The Morgan fingerprint density at radius 3 is 2.83 bits per heavy atom. The average molecular weight is 314 g/mol. The van der Waals surface area contributed by atoms with Crippen LogP contribution in [0.4, 0.5) is 0 Å². The first kappa shape index (κ1) is 18.5. The molecular formula is C18H22N2O3. The first-order valence-corrected chi connectivity index (χ1v) is 7.63. The van der Waals surface area contributed by atoms with Gasteiger partial charge in [0, 0.05) is 30.3 Å². The fourth-order valence-corrected chi connectivity index (χ4v) is 2.21. The Kier molecular flexibility index (Phi) is 7.63. The molecule has 0 aliphatic heterocycles. The lowest BCUT2D eigenvalue weighted by Crippen LogP contribution is -2.41. The molecule has 2 unspecified atom stereocenters. The van der Waals surface area contributed by atoms with Crippen LogP contribution in [-0.4, -0.2) is 25.0 Å². The molecule has 0 aromatic carbocycles. The topological polar surface area (TPSA) is 79.2 Å². The van der Waals surface area contributed by atoms with Gasteiger partial charge in [-0.15, -0.1) is 5.92 Å². The largest absolute Gasteiger partial charge is 0.467 e. The third-order valence-corrected chi connectivity index (χ3v) is 3.65. The molecule has 1 amide bonds. The number of carbonyl (C=O) groups is 2. The van der Waals surface area contributed by atoms with Gasteiger partial charge >= 0.3 is 5.97 Å². The third kappa shape index (κ3) is 5.64. The SMILES string of the molecule is COC(=O)[C@@H](C)NC(=O)C1=CC=CC(C#CCCCC#N)C1C. The van der Waals surface area contributed by atoms with Crippen molar-refractivity contribution in [3.8, 4) is 17.9 Å². The van der Waals surface area contributed by atoms with Gasteiger partial charge in [0.1, 0.15) is 6.04 Å². The van der Waals surface area contributed by atoms with E-state index in [0.29, 0.717) is 18.4 Å². The van der Waals surface area contributed by atoms with Gasteiger partial charge in [0.15, 0.2) is 0 Å². The number of carbonyl (C=O) groups excluding carboxylic acids is 2. The smallest absolute Gasteiger partial charge is 0.328 e. The Morgan fingerprint density at radius 1 is 1.43 bits per heavy atom. The van der Waals surface area contributed by atoms with Crippen LogP contribution < -0.4 is 5.32 Å². The van der Waals surface area contributed by atoms with Crippen LogP contribution in [0.2, 0.25) is 0 Å². The van der Waals surface area contributed by atoms with Gasteiger partial charge in [0.05, 0.1) is 13.2 Å². The lowest BCUT2D eigenvalue weighted by Gasteiger charge is -2.23. The highest BCUT2D eigenvalue weighted by Crippen LogP contribution is 2.25. The van der Waals surface area contributed by atoms with Crippen LogP contribution in [0.3, 0.4) is 0 Å². The number of ether oxygens (including phenoxy) is 1. The molecule has 1 rings (SSSR count). The highest BCUT2D eigenvalue weighted by molar-refractivity contribution is 5.97. The molecule has 0 spiro atoms. The second kappa shape index (κ2) is 9.48. The number of allylic oxidation sites excluding steroid dienone is 3. The highest BCUT2D eigenvalue weighted by atomic mass is 16.5. The van der Waals surface area contributed by atoms with E-state index in [1.54, 1.807) is 13.0 Å². The maximum absolute atomic E-state index is 12.3. The van der Waals surface area contributed by atoms with Crippen molar-refractivity contribution in [3.05, 3.63) is 23.8 Å². The summed E-state index contributed by atoms with van der Waals surface area (Å²) >= 11 is 0. The molecule has 5 nitrogen and oxygen atoms in total. The molecule has 3 atom stereocenters. The number of methoxy groups -OCH3 is 1. The molecule has 23 heavy (non-hydrogen) atoms. The Balaban J connectivity index is 2.66. The van der Waals surface area contributed by atoms with Crippen LogP contribution in [0.5, 0.6) is 0 Å². The molecule has 0 fully saturated rings. The fourth-order valence-electron chi connectivity index (χ4n) is 2.21. The normalized spacial score (nSPS) is 20.3. The lowest BCUT2D eigenvalue weighted by atomic mass is 9.83. The minimum Gasteiger partial charge on any atom is -0.467 e. The van der Waals surface area contributed by atoms with Crippen molar-refractivity contribution in [2.45, 2.75) is 39.2 Å². The van der Waals surface area contributed by atoms with Crippen molar-refractivity contribution in [3.63, 3.8) is 0 Å². The van der Waals surface area contributed by atoms with E-state index in [0.717, 1.165) is 6.42 Å². The summed E-state index contributed by atoms with van der Waals surface area (Å²) in [6.07, 6.45) is 7.46. The quantitative estimate of drug-likeness (QED) is 0.479. The van der Waals surface area contributed by atoms with Crippen LogP contribution >= 0.6 is 0 Å². The van der Waals surface area contributed by atoms with Crippen molar-refractivity contribution in [1.82, 2.24) is 5.32 Å². The maximum Gasteiger partial charge on any atom is 0.328 e. The molecule has 0 heterocycles. The summed E-state index contributed by atoms with van der Waals surface area (Å²) in [5.74, 6) is 5.34. The molecule has 122 valence electrons. The molecule has 0 aromatic heterocycles. The number of hydrogen-bond acceptors (Lipinski definition) is 4. The molecule has 5 heteroatoms. The predicted octanol–water partition coefficient (Wildman–Crippen LogP) is 2.11. The van der Waals surface area contributed by atoms with E-state index in [-0.39, 0.29) is 17.7 Å². The minimum atomic E-state index is -0.693. The van der Waals surface area contributed by atoms with Crippen LogP contribution in [0.15, 0.2) is 23.8 Å². The minimum absolute atomic E-state index is 0.0451. The zero-order valence-corrected chi connectivity index (χ0v) is 13.8. The van der Waals surface area contributed by atoms with Gasteiger partial charge in [-0.1, -0.05) is 31.1 Å². The summed E-state index contributed by atoms with van der Waals surface area (Å²) < 4.78 is 4.60. The van der Waals surface area contributed by atoms with Crippen LogP contribution in [0.1, 0.15) is 33.1 Å². The first-order valence-electron chi connectivity index (χ1n) is 7.63. The van der Waals surface area contributed by atoms with Crippen molar-refractivity contribution in [2.75, 3.05) is 7.11 Å². The number of nitrogens with one attached hydrogen (secondary N) is 1. The van der Waals surface area contributed by atoms with E-state index in [2.05, 4.69) is 28.0 Å². The van der Waals surface area contributed by atoms with Crippen molar-refractivity contribution in [2.24, 2.45) is 11.8 Å². The van der Waals surface area contributed by atoms with E-state index in [9.17, 15) is 9.59 Å². The Labute approximate surface area is 137 Å². The zero-order valence-electron chi connectivity index (χ0n) is 13.8. The molecule has 0 radical (unpaired) electrons. The number of nitrogens with zero attached hydrogens (tertiary/aromatic N) is 1. The second-order valence-electron chi connectivity index (χ2n) is 5.37. The number of esters is 1. The number of hydrogen-bond donors (Lipinski definition) is 1. The van der Waals surface area contributed by atoms with Gasteiger partial charge in [-0.25, -0.2) is 4.79 Å². The van der Waals surface area contributed by atoms with Crippen LogP contribution in [0.25, 0.3) is 0 Å². The number of amides is 1.